The Morgan fingerprint density at radius 2 is 2.11 bits per heavy atom. The zero-order chi connectivity index (χ0) is 14.5. The molecule has 19 heavy (non-hydrogen) atoms. The Kier molecular flexibility index (Phi) is 6.41. The van der Waals surface area contributed by atoms with Crippen LogP contribution in [0.3, 0.4) is 0 Å². The van der Waals surface area contributed by atoms with E-state index in [0.717, 1.165) is 17.0 Å². The molecule has 0 unspecified atom stereocenters. The second kappa shape index (κ2) is 7.35. The molecule has 1 heterocycles. The average Bonchev–Trinajstić information content (AvgIpc) is 2.72. The molecule has 0 saturated carbocycles. The summed E-state index contributed by atoms with van der Waals surface area (Å²) in [4.78, 5) is 3.13. The molecule has 0 saturated heterocycles. The smallest absolute Gasteiger partial charge is 0.250 e. The maximum absolute atomic E-state index is 12.1. The summed E-state index contributed by atoms with van der Waals surface area (Å²) in [5.74, 6) is 0. The second-order valence-electron chi connectivity index (χ2n) is 4.50. The predicted octanol–water partition coefficient (Wildman–Crippen LogP) is 1.01. The van der Waals surface area contributed by atoms with E-state index in [1.165, 1.54) is 11.3 Å². The minimum absolute atomic E-state index is 0.398. The molecule has 1 aromatic rings. The third-order valence-corrected chi connectivity index (χ3v) is 6.10. The van der Waals surface area contributed by atoms with Gasteiger partial charge >= 0.3 is 0 Å². The molecule has 7 heteroatoms. The van der Waals surface area contributed by atoms with Crippen LogP contribution < -0.4 is 10.0 Å². The highest BCUT2D eigenvalue weighted by molar-refractivity contribution is 7.91. The van der Waals surface area contributed by atoms with E-state index in [4.69, 9.17) is 0 Å². The van der Waals surface area contributed by atoms with Gasteiger partial charge in [-0.3, -0.25) is 0 Å². The third-order valence-electron chi connectivity index (χ3n) is 2.93. The lowest BCUT2D eigenvalue weighted by molar-refractivity contribution is 0.358. The van der Waals surface area contributed by atoms with Crippen LogP contribution in [0.2, 0.25) is 0 Å². The van der Waals surface area contributed by atoms with E-state index >= 15 is 0 Å². The van der Waals surface area contributed by atoms with E-state index < -0.39 is 10.0 Å². The topological polar surface area (TPSA) is 61.4 Å². The number of nitrogens with one attached hydrogen (secondary N) is 2. The molecule has 5 nitrogen and oxygen atoms in total. The molecule has 0 aliphatic carbocycles. The third kappa shape index (κ3) is 4.85. The first-order valence-corrected chi connectivity index (χ1v) is 8.62. The normalized spacial score (nSPS) is 12.3. The first kappa shape index (κ1) is 16.6. The molecular weight excluding hydrogens is 282 g/mol. The molecule has 0 radical (unpaired) electrons. The molecule has 0 aromatic carbocycles. The highest BCUT2D eigenvalue weighted by atomic mass is 32.2. The van der Waals surface area contributed by atoms with Gasteiger partial charge in [0.2, 0.25) is 10.0 Å². The summed E-state index contributed by atoms with van der Waals surface area (Å²) in [5.41, 5.74) is 1.02. The Hall–Kier alpha value is -0.470. The maximum atomic E-state index is 12.1. The van der Waals surface area contributed by atoms with Crippen LogP contribution >= 0.6 is 11.3 Å². The van der Waals surface area contributed by atoms with Crippen LogP contribution in [-0.4, -0.2) is 47.0 Å². The molecule has 0 aliphatic heterocycles. The van der Waals surface area contributed by atoms with Gasteiger partial charge in [-0.05, 0) is 39.2 Å². The second-order valence-corrected chi connectivity index (χ2v) is 7.63. The SMILES string of the molecule is CCN(C)CCNS(=O)(=O)c1cc(C)c(CNC)s1. The molecule has 110 valence electrons. The van der Waals surface area contributed by atoms with Crippen molar-refractivity contribution in [3.05, 3.63) is 16.5 Å². The summed E-state index contributed by atoms with van der Waals surface area (Å²) in [7, 11) is 0.450. The lowest BCUT2D eigenvalue weighted by atomic mass is 10.3. The number of hydrogen-bond donors (Lipinski definition) is 2. The molecule has 0 amide bonds. The van der Waals surface area contributed by atoms with Gasteiger partial charge < -0.3 is 10.2 Å². The highest BCUT2D eigenvalue weighted by Gasteiger charge is 2.18. The van der Waals surface area contributed by atoms with Crippen LogP contribution in [0.25, 0.3) is 0 Å². The van der Waals surface area contributed by atoms with Gasteiger partial charge in [-0.1, -0.05) is 6.92 Å². The van der Waals surface area contributed by atoms with Crippen molar-refractivity contribution in [3.63, 3.8) is 0 Å². The van der Waals surface area contributed by atoms with Crippen molar-refractivity contribution in [1.29, 1.82) is 0 Å². The van der Waals surface area contributed by atoms with E-state index in [1.54, 1.807) is 6.07 Å². The van der Waals surface area contributed by atoms with E-state index in [-0.39, 0.29) is 0 Å². The van der Waals surface area contributed by atoms with Crippen molar-refractivity contribution in [1.82, 2.24) is 14.9 Å². The Balaban J connectivity index is 2.69. The Labute approximate surface area is 120 Å². The Morgan fingerprint density at radius 3 is 2.68 bits per heavy atom. The molecule has 2 N–H and O–H groups in total. The number of rotatable bonds is 8. The van der Waals surface area contributed by atoms with Crippen molar-refractivity contribution >= 4 is 21.4 Å². The molecule has 0 aliphatic rings. The van der Waals surface area contributed by atoms with Crippen LogP contribution in [-0.2, 0) is 16.6 Å². The number of likely N-dealkylation sites (N-methyl/N-ethyl adjacent to an activating group) is 1. The van der Waals surface area contributed by atoms with Gasteiger partial charge in [-0.15, -0.1) is 11.3 Å². The monoisotopic (exact) mass is 305 g/mol. The summed E-state index contributed by atoms with van der Waals surface area (Å²) in [6, 6.07) is 1.74. The summed E-state index contributed by atoms with van der Waals surface area (Å²) in [5, 5.41) is 3.04. The maximum Gasteiger partial charge on any atom is 0.250 e. The number of hydrogen-bond acceptors (Lipinski definition) is 5. The minimum atomic E-state index is -3.37. The summed E-state index contributed by atoms with van der Waals surface area (Å²) in [6.45, 7) is 6.74. The number of aryl methyl sites for hydroxylation is 1. The molecule has 1 rings (SSSR count). The first-order chi connectivity index (χ1) is 8.90. The van der Waals surface area contributed by atoms with Crippen LogP contribution in [0.4, 0.5) is 0 Å². The van der Waals surface area contributed by atoms with E-state index in [0.29, 0.717) is 23.8 Å². The number of thiophene rings is 1. The van der Waals surface area contributed by atoms with Gasteiger partial charge in [0.05, 0.1) is 0 Å². The van der Waals surface area contributed by atoms with Crippen LogP contribution in [0.15, 0.2) is 10.3 Å². The lowest BCUT2D eigenvalue weighted by Crippen LogP contribution is -2.32. The predicted molar refractivity (Wildman–Crippen MR) is 80.2 cm³/mol. The Morgan fingerprint density at radius 1 is 1.42 bits per heavy atom. The number of nitrogens with zero attached hydrogens (tertiary/aromatic N) is 1. The average molecular weight is 305 g/mol. The fourth-order valence-electron chi connectivity index (χ4n) is 1.56. The van der Waals surface area contributed by atoms with E-state index in [2.05, 4.69) is 14.9 Å². The van der Waals surface area contributed by atoms with Gasteiger partial charge in [0.15, 0.2) is 0 Å². The van der Waals surface area contributed by atoms with Gasteiger partial charge in [0, 0.05) is 24.5 Å². The quantitative estimate of drug-likeness (QED) is 0.752. The van der Waals surface area contributed by atoms with E-state index in [1.807, 2.05) is 27.9 Å². The van der Waals surface area contributed by atoms with Gasteiger partial charge in [0.1, 0.15) is 4.21 Å². The summed E-state index contributed by atoms with van der Waals surface area (Å²) >= 11 is 1.33. The van der Waals surface area contributed by atoms with Crippen molar-refractivity contribution < 1.29 is 8.42 Å². The molecule has 0 atom stereocenters. The van der Waals surface area contributed by atoms with Crippen LogP contribution in [0.5, 0.6) is 0 Å². The van der Waals surface area contributed by atoms with Crippen molar-refractivity contribution in [2.45, 2.75) is 24.6 Å². The molecule has 0 fully saturated rings. The van der Waals surface area contributed by atoms with Gasteiger partial charge in [-0.25, -0.2) is 13.1 Å². The zero-order valence-corrected chi connectivity index (χ0v) is 13.6. The fourth-order valence-corrected chi connectivity index (χ4v) is 4.22. The van der Waals surface area contributed by atoms with Crippen molar-refractivity contribution in [2.75, 3.05) is 33.7 Å². The molecule has 0 spiro atoms. The number of sulfonamides is 1. The Bertz CT molecular complexity index is 497. The standard InChI is InChI=1S/C12H23N3O2S2/c1-5-15(4)7-6-14-19(16,17)12-8-10(2)11(18-12)9-13-3/h8,13-14H,5-7,9H2,1-4H3. The molecule has 1 aromatic heterocycles. The van der Waals surface area contributed by atoms with Gasteiger partial charge in [-0.2, -0.15) is 0 Å². The fraction of sp³-hybridized carbons (Fsp3) is 0.667. The molecule has 0 bridgehead atoms. The summed E-state index contributed by atoms with van der Waals surface area (Å²) < 4.78 is 27.3. The zero-order valence-electron chi connectivity index (χ0n) is 12.0. The lowest BCUT2D eigenvalue weighted by Gasteiger charge is -2.13. The van der Waals surface area contributed by atoms with Crippen molar-refractivity contribution in [3.8, 4) is 0 Å². The van der Waals surface area contributed by atoms with Gasteiger partial charge in [0.25, 0.3) is 0 Å². The summed E-state index contributed by atoms with van der Waals surface area (Å²) in [6.07, 6.45) is 0. The largest absolute Gasteiger partial charge is 0.315 e. The first-order valence-electron chi connectivity index (χ1n) is 6.32. The highest BCUT2D eigenvalue weighted by Crippen LogP contribution is 2.25. The van der Waals surface area contributed by atoms with Crippen LogP contribution in [0.1, 0.15) is 17.4 Å². The minimum Gasteiger partial charge on any atom is -0.315 e. The molecular formula is C12H23N3O2S2. The van der Waals surface area contributed by atoms with E-state index in [9.17, 15) is 8.42 Å². The van der Waals surface area contributed by atoms with Crippen LogP contribution in [0, 0.1) is 6.92 Å². The van der Waals surface area contributed by atoms with Crippen molar-refractivity contribution in [2.24, 2.45) is 0 Å².